The van der Waals surface area contributed by atoms with Crippen LogP contribution in [-0.4, -0.2) is 194 Å². The van der Waals surface area contributed by atoms with Crippen molar-refractivity contribution in [2.24, 2.45) is 47.3 Å². The van der Waals surface area contributed by atoms with Gasteiger partial charge in [0, 0.05) is 181 Å². The van der Waals surface area contributed by atoms with Crippen LogP contribution in [0.2, 0.25) is 5.02 Å². The summed E-state index contributed by atoms with van der Waals surface area (Å²) < 4.78 is 14.0. The van der Waals surface area contributed by atoms with Crippen molar-refractivity contribution in [2.75, 3.05) is 188 Å². The quantitative estimate of drug-likeness (QED) is 0.101. The average molecular weight is 1390 g/mol. The number of benzene rings is 5. The van der Waals surface area contributed by atoms with Gasteiger partial charge in [0.15, 0.2) is 0 Å². The van der Waals surface area contributed by atoms with Crippen molar-refractivity contribution in [1.29, 1.82) is 0 Å². The van der Waals surface area contributed by atoms with Crippen LogP contribution < -0.4 is 24.5 Å². The van der Waals surface area contributed by atoms with E-state index < -0.39 is 5.67 Å². The van der Waals surface area contributed by atoms with Crippen molar-refractivity contribution in [2.45, 2.75) is 166 Å². The number of fused-ring (bicyclic) bond motifs is 5. The largest absolute Gasteiger partial charge is 0.371 e. The molecule has 10 nitrogen and oxygen atoms in total. The lowest BCUT2D eigenvalue weighted by Gasteiger charge is -2.22. The van der Waals surface area contributed by atoms with Gasteiger partial charge in [-0.3, -0.25) is 0 Å². The van der Waals surface area contributed by atoms with E-state index in [0.717, 1.165) is 72.0 Å². The molecular weight excluding hydrogens is 1260 g/mol. The molecule has 10 aliphatic heterocycles. The van der Waals surface area contributed by atoms with Crippen LogP contribution in [0.5, 0.6) is 0 Å². The van der Waals surface area contributed by atoms with Gasteiger partial charge >= 0.3 is 0 Å². The number of hydrogen-bond acceptors (Lipinski definition) is 10. The average Bonchev–Trinajstić information content (AvgIpc) is 1.58. The van der Waals surface area contributed by atoms with Crippen LogP contribution >= 0.6 is 11.6 Å². The molecule has 0 aromatic heterocycles. The highest BCUT2D eigenvalue weighted by Crippen LogP contribution is 2.63. The van der Waals surface area contributed by atoms with Gasteiger partial charge in [0.2, 0.25) is 0 Å². The molecule has 0 N–H and O–H groups in total. The Morgan fingerprint density at radius 1 is 0.347 bits per heavy atom. The number of hydrogen-bond donors (Lipinski definition) is 0. The molecule has 101 heavy (non-hydrogen) atoms. The van der Waals surface area contributed by atoms with Crippen molar-refractivity contribution in [3.8, 4) is 0 Å². The minimum atomic E-state index is -1.02. The Morgan fingerprint density at radius 3 is 0.881 bits per heavy atom. The molecule has 10 heterocycles. The monoisotopic (exact) mass is 1390 g/mol. The zero-order valence-corrected chi connectivity index (χ0v) is 64.5. The van der Waals surface area contributed by atoms with Crippen LogP contribution in [0.3, 0.4) is 0 Å². The summed E-state index contributed by atoms with van der Waals surface area (Å²) in [5, 5.41) is 0.958. The van der Waals surface area contributed by atoms with Gasteiger partial charge < -0.3 is 49.0 Å². The van der Waals surface area contributed by atoms with Gasteiger partial charge in [-0.15, -0.1) is 0 Å². The number of halogens is 2. The van der Waals surface area contributed by atoms with E-state index in [9.17, 15) is 4.39 Å². The highest BCUT2D eigenvalue weighted by molar-refractivity contribution is 6.33. The first-order chi connectivity index (χ1) is 48.9. The molecule has 0 amide bonds. The molecule has 10 saturated heterocycles. The molecule has 15 aliphatic rings. The SMILES string of the molecule is CCN1CC2CC2(c2ccc(N3CCC(C)(F)C3)cc2)C1.CCN1CC2CC2(c2ccc(N3CCC(C)C3)cc2)C1.CCN1CC2CC2(c2ccc(N3CCCC3)c(Cl)c2)C1.CCN1C[C@@H]2C[C@]2(c2ccc(N3CCC(C)C3)cc2)C1.CCN1C[C@H]2C[C@@]2(c2ccc(N3CCC(C)C3)cc2)C1. The Hall–Kier alpha value is -4.88. The molecule has 0 bridgehead atoms. The number of nitrogens with zero attached hydrogens (tertiary/aromatic N) is 10. The first-order valence-electron chi connectivity index (χ1n) is 41.2. The van der Waals surface area contributed by atoms with Crippen LogP contribution in [0.15, 0.2) is 115 Å². The van der Waals surface area contributed by atoms with Crippen LogP contribution in [0, 0.1) is 47.3 Å². The number of rotatable bonds is 15. The molecule has 5 aromatic carbocycles. The molecular formula is C89H126ClFN10. The van der Waals surface area contributed by atoms with E-state index in [1.165, 1.54) is 241 Å². The first kappa shape index (κ1) is 70.4. The predicted molar refractivity (Wildman–Crippen MR) is 422 cm³/mol. The zero-order chi connectivity index (χ0) is 69.6. The second-order valence-corrected chi connectivity index (χ2v) is 36.5. The summed E-state index contributed by atoms with van der Waals surface area (Å²) >= 11 is 6.58. The fourth-order valence-electron chi connectivity index (χ4n) is 22.1. The number of likely N-dealkylation sites (tertiary alicyclic amines) is 5. The lowest BCUT2D eigenvalue weighted by Crippen LogP contribution is -2.27. The van der Waals surface area contributed by atoms with Crippen LogP contribution in [-0.2, 0) is 27.1 Å². The molecule has 5 aromatic rings. The van der Waals surface area contributed by atoms with E-state index in [-0.39, 0.29) is 0 Å². The lowest BCUT2D eigenvalue weighted by molar-refractivity contribution is 0.221. The highest BCUT2D eigenvalue weighted by atomic mass is 35.5. The van der Waals surface area contributed by atoms with Gasteiger partial charge in [-0.05, 0) is 240 Å². The standard InChI is InChI=1S/C18H25FN2.3C18H26N2.C17H23ClN2/c1-3-20-11-15-10-18(15,13-20)14-4-6-16(7-5-14)21-9-8-17(2,19)12-21;3*1-3-19-12-16-10-18(16,13-19)15-4-6-17(7-5-15)20-9-8-14(2)11-20;1-2-19-11-14-10-17(14,12-19)13-5-6-16(15(18)9-13)20-7-3-4-8-20/h4-7,15H,3,8-13H2,1-2H3;3*4-7,14,16H,3,8-13H2,1-2H3;5-6,9,14H,2-4,7-8,10-12H2,1H3/t;2*14?,16-,18+;;/m.10../s1. The van der Waals surface area contributed by atoms with Gasteiger partial charge in [-0.1, -0.05) is 122 Å². The molecule has 5 aliphatic carbocycles. The van der Waals surface area contributed by atoms with E-state index in [1.807, 2.05) is 0 Å². The molecule has 10 unspecified atom stereocenters. The Kier molecular flexibility index (Phi) is 19.6. The zero-order valence-electron chi connectivity index (χ0n) is 63.8. The fraction of sp³-hybridized carbons (Fsp3) is 0.663. The van der Waals surface area contributed by atoms with Gasteiger partial charge in [0.25, 0.3) is 0 Å². The summed E-state index contributed by atoms with van der Waals surface area (Å²) in [4.78, 5) is 25.2. The Balaban J connectivity index is 0.0000000980. The third-order valence-corrected chi connectivity index (χ3v) is 29.5. The van der Waals surface area contributed by atoms with Gasteiger partial charge in [0.1, 0.15) is 5.67 Å². The minimum Gasteiger partial charge on any atom is -0.371 e. The maximum absolute atomic E-state index is 14.0. The fourth-order valence-corrected chi connectivity index (χ4v) is 22.4. The second kappa shape index (κ2) is 28.1. The summed E-state index contributed by atoms with van der Waals surface area (Å²) in [6.45, 7) is 50.1. The van der Waals surface area contributed by atoms with Crippen molar-refractivity contribution in [3.63, 3.8) is 0 Å². The van der Waals surface area contributed by atoms with Crippen LogP contribution in [0.4, 0.5) is 32.8 Å². The van der Waals surface area contributed by atoms with Crippen molar-refractivity contribution < 1.29 is 4.39 Å². The number of alkyl halides is 1. The number of anilines is 5. The second-order valence-electron chi connectivity index (χ2n) is 36.1. The highest BCUT2D eigenvalue weighted by Gasteiger charge is 2.64. The van der Waals surface area contributed by atoms with Crippen molar-refractivity contribution >= 4 is 40.0 Å². The summed E-state index contributed by atoms with van der Waals surface area (Å²) in [6, 6.07) is 44.6. The smallest absolute Gasteiger partial charge is 0.127 e. The molecule has 546 valence electrons. The summed E-state index contributed by atoms with van der Waals surface area (Å²) in [5.74, 6) is 7.10. The molecule has 12 heteroatoms. The topological polar surface area (TPSA) is 32.4 Å². The molecule has 20 rings (SSSR count). The predicted octanol–water partition coefficient (Wildman–Crippen LogP) is 16.1. The lowest BCUT2D eigenvalue weighted by atomic mass is 9.94. The first-order valence-corrected chi connectivity index (χ1v) is 41.5. The van der Waals surface area contributed by atoms with Crippen molar-refractivity contribution in [3.05, 3.63) is 148 Å². The van der Waals surface area contributed by atoms with E-state index in [2.05, 4.69) is 220 Å². The maximum atomic E-state index is 14.0. The van der Waals surface area contributed by atoms with E-state index in [4.69, 9.17) is 11.6 Å². The Bertz CT molecular complexity index is 3430. The Morgan fingerprint density at radius 2 is 0.634 bits per heavy atom. The summed E-state index contributed by atoms with van der Waals surface area (Å²) in [5.41, 5.74) is 15.9. The van der Waals surface area contributed by atoms with Gasteiger partial charge in [-0.25, -0.2) is 4.39 Å². The molecule has 5 saturated carbocycles. The van der Waals surface area contributed by atoms with Crippen LogP contribution in [0.1, 0.15) is 161 Å². The summed E-state index contributed by atoms with van der Waals surface area (Å²) in [6.07, 6.45) is 14.3. The van der Waals surface area contributed by atoms with E-state index in [1.54, 1.807) is 23.6 Å². The minimum absolute atomic E-state index is 0.434. The Labute approximate surface area is 614 Å². The van der Waals surface area contributed by atoms with Crippen LogP contribution in [0.25, 0.3) is 0 Å². The maximum Gasteiger partial charge on any atom is 0.127 e. The third-order valence-electron chi connectivity index (χ3n) is 29.2. The summed E-state index contributed by atoms with van der Waals surface area (Å²) in [7, 11) is 0. The molecule has 15 fully saturated rings. The molecule has 14 atom stereocenters. The van der Waals surface area contributed by atoms with E-state index >= 15 is 0 Å². The number of piperidine rings is 5. The van der Waals surface area contributed by atoms with E-state index in [0.29, 0.717) is 40.0 Å². The molecule has 0 spiro atoms. The third kappa shape index (κ3) is 14.0. The van der Waals surface area contributed by atoms with Gasteiger partial charge in [-0.2, -0.15) is 0 Å². The van der Waals surface area contributed by atoms with Crippen molar-refractivity contribution in [1.82, 2.24) is 24.5 Å². The number of likely N-dealkylation sites (N-methyl/N-ethyl adjacent to an activating group) is 5. The molecule has 0 radical (unpaired) electrons. The normalized spacial score (nSPS) is 36.2. The van der Waals surface area contributed by atoms with Gasteiger partial charge in [0.05, 0.1) is 17.3 Å².